The predicted molar refractivity (Wildman–Crippen MR) is 91.9 cm³/mol. The van der Waals surface area contributed by atoms with E-state index in [9.17, 15) is 17.6 Å². The molecule has 26 heavy (non-hydrogen) atoms. The fourth-order valence-corrected chi connectivity index (χ4v) is 3.10. The SMILES string of the molecule is CCc1nc2c(F)cccc2c(OC(F)F)c1Cc1ccc(F)cc1Cl. The van der Waals surface area contributed by atoms with E-state index < -0.39 is 18.2 Å². The molecule has 1 aromatic heterocycles. The first-order valence-corrected chi connectivity index (χ1v) is 8.27. The summed E-state index contributed by atoms with van der Waals surface area (Å²) in [7, 11) is 0. The maximum absolute atomic E-state index is 14.1. The van der Waals surface area contributed by atoms with Gasteiger partial charge in [-0.2, -0.15) is 8.78 Å². The molecule has 3 aromatic rings. The van der Waals surface area contributed by atoms with Gasteiger partial charge in [0, 0.05) is 28.1 Å². The van der Waals surface area contributed by atoms with E-state index in [4.69, 9.17) is 16.3 Å². The zero-order valence-corrected chi connectivity index (χ0v) is 14.5. The number of benzene rings is 2. The van der Waals surface area contributed by atoms with Crippen molar-refractivity contribution in [3.05, 3.63) is 69.9 Å². The number of aryl methyl sites for hydroxylation is 1. The summed E-state index contributed by atoms with van der Waals surface area (Å²) in [5, 5.41) is 0.310. The molecule has 2 aromatic carbocycles. The molecule has 0 fully saturated rings. The third-order valence-electron chi connectivity index (χ3n) is 4.02. The molecular weight excluding hydrogens is 370 g/mol. The largest absolute Gasteiger partial charge is 0.434 e. The number of hydrogen-bond acceptors (Lipinski definition) is 2. The summed E-state index contributed by atoms with van der Waals surface area (Å²) >= 11 is 6.07. The fourth-order valence-electron chi connectivity index (χ4n) is 2.86. The highest BCUT2D eigenvalue weighted by molar-refractivity contribution is 6.31. The lowest BCUT2D eigenvalue weighted by molar-refractivity contribution is -0.0494. The Morgan fingerprint density at radius 2 is 1.92 bits per heavy atom. The molecule has 3 rings (SSSR count). The number of ether oxygens (including phenoxy) is 1. The molecule has 0 saturated heterocycles. The average Bonchev–Trinajstić information content (AvgIpc) is 2.58. The Morgan fingerprint density at radius 3 is 2.58 bits per heavy atom. The van der Waals surface area contributed by atoms with Gasteiger partial charge in [-0.3, -0.25) is 0 Å². The highest BCUT2D eigenvalue weighted by atomic mass is 35.5. The molecule has 0 spiro atoms. The van der Waals surface area contributed by atoms with Gasteiger partial charge < -0.3 is 4.74 Å². The molecule has 0 radical (unpaired) electrons. The quantitative estimate of drug-likeness (QED) is 0.510. The monoisotopic (exact) mass is 383 g/mol. The lowest BCUT2D eigenvalue weighted by atomic mass is 9.98. The molecule has 0 atom stereocenters. The van der Waals surface area contributed by atoms with Gasteiger partial charge in [-0.25, -0.2) is 13.8 Å². The molecular formula is C19H14ClF4NO. The van der Waals surface area contributed by atoms with Gasteiger partial charge in [0.1, 0.15) is 22.9 Å². The zero-order chi connectivity index (χ0) is 18.8. The molecule has 136 valence electrons. The number of nitrogens with zero attached hydrogens (tertiary/aromatic N) is 1. The molecule has 0 aliphatic rings. The second-order valence-electron chi connectivity index (χ2n) is 5.65. The third kappa shape index (κ3) is 3.60. The molecule has 1 heterocycles. The van der Waals surface area contributed by atoms with Gasteiger partial charge in [0.15, 0.2) is 0 Å². The van der Waals surface area contributed by atoms with Gasteiger partial charge in [-0.1, -0.05) is 30.7 Å². The van der Waals surface area contributed by atoms with Crippen LogP contribution in [0.2, 0.25) is 5.02 Å². The molecule has 0 amide bonds. The van der Waals surface area contributed by atoms with E-state index in [-0.39, 0.29) is 28.1 Å². The van der Waals surface area contributed by atoms with E-state index in [1.165, 1.54) is 30.3 Å². The van der Waals surface area contributed by atoms with Crippen LogP contribution in [-0.4, -0.2) is 11.6 Å². The summed E-state index contributed by atoms with van der Waals surface area (Å²) < 4.78 is 58.2. The number of para-hydroxylation sites is 1. The van der Waals surface area contributed by atoms with Crippen molar-refractivity contribution in [3.8, 4) is 5.75 Å². The van der Waals surface area contributed by atoms with Gasteiger partial charge >= 0.3 is 6.61 Å². The van der Waals surface area contributed by atoms with E-state index in [1.807, 2.05) is 0 Å². The Hall–Kier alpha value is -2.34. The van der Waals surface area contributed by atoms with Crippen LogP contribution in [-0.2, 0) is 12.8 Å². The summed E-state index contributed by atoms with van der Waals surface area (Å²) in [6, 6.07) is 7.92. The smallest absolute Gasteiger partial charge is 0.387 e. The zero-order valence-electron chi connectivity index (χ0n) is 13.7. The predicted octanol–water partition coefficient (Wildman–Crippen LogP) is 5.92. The molecule has 2 nitrogen and oxygen atoms in total. The van der Waals surface area contributed by atoms with Crippen LogP contribution in [0.1, 0.15) is 23.7 Å². The Labute approximate surface area is 152 Å². The number of aromatic nitrogens is 1. The maximum Gasteiger partial charge on any atom is 0.387 e. The van der Waals surface area contributed by atoms with Crippen molar-refractivity contribution in [2.45, 2.75) is 26.4 Å². The number of halogens is 5. The average molecular weight is 384 g/mol. The minimum atomic E-state index is -3.09. The first-order valence-electron chi connectivity index (χ1n) is 7.89. The highest BCUT2D eigenvalue weighted by Crippen LogP contribution is 2.36. The minimum Gasteiger partial charge on any atom is -0.434 e. The lowest BCUT2D eigenvalue weighted by Crippen LogP contribution is -2.10. The van der Waals surface area contributed by atoms with E-state index in [0.717, 1.165) is 6.07 Å². The number of alkyl halides is 2. The van der Waals surface area contributed by atoms with Crippen molar-refractivity contribution in [2.75, 3.05) is 0 Å². The van der Waals surface area contributed by atoms with Crippen molar-refractivity contribution < 1.29 is 22.3 Å². The molecule has 0 aliphatic carbocycles. The van der Waals surface area contributed by atoms with Crippen molar-refractivity contribution in [1.29, 1.82) is 0 Å². The Kier molecular flexibility index (Phi) is 5.32. The van der Waals surface area contributed by atoms with Crippen LogP contribution in [0.5, 0.6) is 5.75 Å². The first kappa shape index (κ1) is 18.5. The summed E-state index contributed by atoms with van der Waals surface area (Å²) in [5.41, 5.74) is 1.28. The second kappa shape index (κ2) is 7.50. The van der Waals surface area contributed by atoms with Crippen LogP contribution >= 0.6 is 11.6 Å². The Morgan fingerprint density at radius 1 is 1.15 bits per heavy atom. The van der Waals surface area contributed by atoms with Crippen LogP contribution < -0.4 is 4.74 Å². The van der Waals surface area contributed by atoms with Crippen molar-refractivity contribution in [1.82, 2.24) is 4.98 Å². The van der Waals surface area contributed by atoms with Crippen LogP contribution in [0.3, 0.4) is 0 Å². The van der Waals surface area contributed by atoms with Crippen LogP contribution in [0, 0.1) is 11.6 Å². The summed E-state index contributed by atoms with van der Waals surface area (Å²) in [6.45, 7) is -1.31. The van der Waals surface area contributed by atoms with Crippen molar-refractivity contribution in [3.63, 3.8) is 0 Å². The number of pyridine rings is 1. The summed E-state index contributed by atoms with van der Waals surface area (Å²) in [5.74, 6) is -1.26. The standard InChI is InChI=1S/C19H14ClF4NO/c1-2-16-13(8-10-6-7-11(21)9-14(10)20)18(26-19(23)24)12-4-3-5-15(22)17(12)25-16/h3-7,9,19H,2,8H2,1H3. The normalized spacial score (nSPS) is 11.3. The molecule has 0 unspecified atom stereocenters. The van der Waals surface area contributed by atoms with E-state index in [1.54, 1.807) is 6.92 Å². The van der Waals surface area contributed by atoms with Gasteiger partial charge in [-0.05, 0) is 36.2 Å². The third-order valence-corrected chi connectivity index (χ3v) is 4.38. The number of fused-ring (bicyclic) bond motifs is 1. The van der Waals surface area contributed by atoms with E-state index in [2.05, 4.69) is 4.98 Å². The van der Waals surface area contributed by atoms with E-state index in [0.29, 0.717) is 23.2 Å². The van der Waals surface area contributed by atoms with Gasteiger partial charge in [-0.15, -0.1) is 0 Å². The molecule has 0 saturated carbocycles. The number of rotatable bonds is 5. The summed E-state index contributed by atoms with van der Waals surface area (Å²) in [6.07, 6.45) is 0.474. The van der Waals surface area contributed by atoms with Crippen molar-refractivity contribution in [2.24, 2.45) is 0 Å². The van der Waals surface area contributed by atoms with Crippen molar-refractivity contribution >= 4 is 22.5 Å². The lowest BCUT2D eigenvalue weighted by Gasteiger charge is -2.17. The number of hydrogen-bond donors (Lipinski definition) is 0. The Bertz CT molecular complexity index is 962. The molecule has 0 aliphatic heterocycles. The molecule has 0 bridgehead atoms. The maximum atomic E-state index is 14.1. The topological polar surface area (TPSA) is 22.1 Å². The fraction of sp³-hybridized carbons (Fsp3) is 0.211. The molecule has 7 heteroatoms. The second-order valence-corrected chi connectivity index (χ2v) is 6.05. The summed E-state index contributed by atoms with van der Waals surface area (Å²) in [4.78, 5) is 4.29. The van der Waals surface area contributed by atoms with E-state index >= 15 is 0 Å². The van der Waals surface area contributed by atoms with Crippen LogP contribution in [0.25, 0.3) is 10.9 Å². The Balaban J connectivity index is 2.24. The van der Waals surface area contributed by atoms with Gasteiger partial charge in [0.2, 0.25) is 0 Å². The first-order chi connectivity index (χ1) is 12.4. The van der Waals surface area contributed by atoms with Crippen LogP contribution in [0.15, 0.2) is 36.4 Å². The van der Waals surface area contributed by atoms with Gasteiger partial charge in [0.25, 0.3) is 0 Å². The highest BCUT2D eigenvalue weighted by Gasteiger charge is 2.21. The van der Waals surface area contributed by atoms with Crippen LogP contribution in [0.4, 0.5) is 17.6 Å². The minimum absolute atomic E-state index is 0.0334. The molecule has 0 N–H and O–H groups in total. The van der Waals surface area contributed by atoms with Gasteiger partial charge in [0.05, 0.1) is 0 Å².